The average molecular weight is 467 g/mol. The summed E-state index contributed by atoms with van der Waals surface area (Å²) in [7, 11) is 0. The number of nitrogens with one attached hydrogen (secondary N) is 2. The zero-order valence-corrected chi connectivity index (χ0v) is 20.3. The molecule has 4 N–H and O–H groups in total. The van der Waals surface area contributed by atoms with Crippen molar-refractivity contribution in [2.45, 2.75) is 120 Å². The molecule has 2 heterocycles. The molecular formula is C25H46N4O4+2. The lowest BCUT2D eigenvalue weighted by molar-refractivity contribution is -1.13. The molecule has 2 saturated heterocycles. The molecule has 0 aromatic heterocycles. The normalized spacial score (nSPS) is 36.1. The number of hydrogen-bond acceptors (Lipinski definition) is 4. The fourth-order valence-corrected chi connectivity index (χ4v) is 6.83. The minimum Gasteiger partial charge on any atom is -0.348 e. The Morgan fingerprint density at radius 3 is 1.36 bits per heavy atom. The van der Waals surface area contributed by atoms with Crippen LogP contribution in [-0.4, -0.2) is 81.9 Å². The Morgan fingerprint density at radius 1 is 0.606 bits per heavy atom. The van der Waals surface area contributed by atoms with Crippen molar-refractivity contribution in [2.75, 3.05) is 26.2 Å². The summed E-state index contributed by atoms with van der Waals surface area (Å²) >= 11 is 0. The van der Waals surface area contributed by atoms with E-state index < -0.39 is 12.1 Å². The number of hydrogen-bond donors (Lipinski definition) is 4. The second kappa shape index (κ2) is 11.0. The summed E-state index contributed by atoms with van der Waals surface area (Å²) in [6.07, 6.45) is 14.6. The molecular weight excluding hydrogens is 420 g/mol. The first-order valence-corrected chi connectivity index (χ1v) is 13.7. The molecule has 8 heteroatoms. The lowest BCUT2D eigenvalue weighted by atomic mass is 9.98. The van der Waals surface area contributed by atoms with Crippen molar-refractivity contribution in [1.29, 1.82) is 0 Å². The van der Waals surface area contributed by atoms with Gasteiger partial charge in [-0.2, -0.15) is 9.29 Å². The highest BCUT2D eigenvalue weighted by atomic mass is 16.6. The second-order valence-electron chi connectivity index (χ2n) is 11.2. The molecule has 33 heavy (non-hydrogen) atoms. The number of carbonyl (C=O) groups excluding carboxylic acids is 2. The van der Waals surface area contributed by atoms with E-state index in [2.05, 4.69) is 10.6 Å². The van der Waals surface area contributed by atoms with Gasteiger partial charge >= 0.3 is 0 Å². The third-order valence-electron chi connectivity index (χ3n) is 8.81. The van der Waals surface area contributed by atoms with Crippen LogP contribution in [0.2, 0.25) is 0 Å². The minimum atomic E-state index is -0.422. The molecule has 4 fully saturated rings. The Morgan fingerprint density at radius 2 is 0.970 bits per heavy atom. The zero-order valence-electron chi connectivity index (χ0n) is 20.3. The van der Waals surface area contributed by atoms with E-state index in [0.717, 1.165) is 51.4 Å². The quantitative estimate of drug-likeness (QED) is 0.413. The number of quaternary nitrogens is 2. The predicted molar refractivity (Wildman–Crippen MR) is 124 cm³/mol. The highest BCUT2D eigenvalue weighted by molar-refractivity contribution is 5.81. The number of carbonyl (C=O) groups is 2. The standard InChI is InChI=1S/C25H44N4O4/c30-24(26-20-10-1-2-11-20)22-14-5-7-16-28(22,32)18-9-19-29(33)17-8-6-15-23(29)25(31)27-21-12-3-4-13-21/h20-23,32-33H,1-19H2/p+2/t22-,23-,28?,29?/m0/s1. The maximum Gasteiger partial charge on any atom is 0.281 e. The summed E-state index contributed by atoms with van der Waals surface area (Å²) in [6.45, 7) is 2.06. The minimum absolute atomic E-state index is 0.0104. The van der Waals surface area contributed by atoms with Crippen molar-refractivity contribution in [2.24, 2.45) is 0 Å². The van der Waals surface area contributed by atoms with E-state index in [1.165, 1.54) is 25.7 Å². The summed E-state index contributed by atoms with van der Waals surface area (Å²) in [4.78, 5) is 26.0. The fraction of sp³-hybridized carbons (Fsp3) is 0.920. The van der Waals surface area contributed by atoms with E-state index in [-0.39, 0.29) is 33.2 Å². The summed E-state index contributed by atoms with van der Waals surface area (Å²) in [5, 5.41) is 29.3. The van der Waals surface area contributed by atoms with Gasteiger partial charge in [-0.3, -0.25) is 9.59 Å². The molecule has 0 radical (unpaired) electrons. The van der Waals surface area contributed by atoms with Gasteiger partial charge < -0.3 is 10.6 Å². The molecule has 2 saturated carbocycles. The van der Waals surface area contributed by atoms with Crippen LogP contribution in [0.25, 0.3) is 0 Å². The molecule has 2 unspecified atom stereocenters. The maximum absolute atomic E-state index is 13.0. The number of rotatable bonds is 8. The Hall–Kier alpha value is -1.22. The Labute approximate surface area is 198 Å². The molecule has 2 amide bonds. The van der Waals surface area contributed by atoms with Crippen molar-refractivity contribution >= 4 is 11.8 Å². The molecule has 0 spiro atoms. The molecule has 0 bridgehead atoms. The van der Waals surface area contributed by atoms with Crippen molar-refractivity contribution in [3.8, 4) is 0 Å². The van der Waals surface area contributed by atoms with Crippen LogP contribution in [0.5, 0.6) is 0 Å². The molecule has 2 aliphatic heterocycles. The molecule has 4 aliphatic rings. The largest absolute Gasteiger partial charge is 0.348 e. The molecule has 0 aromatic rings. The second-order valence-corrected chi connectivity index (χ2v) is 11.2. The van der Waals surface area contributed by atoms with E-state index in [1.54, 1.807) is 0 Å². The third-order valence-corrected chi connectivity index (χ3v) is 8.81. The van der Waals surface area contributed by atoms with Gasteiger partial charge in [-0.1, -0.05) is 25.7 Å². The van der Waals surface area contributed by atoms with Crippen LogP contribution in [0.15, 0.2) is 0 Å². The molecule has 188 valence electrons. The third kappa shape index (κ3) is 6.08. The number of piperidine rings is 2. The van der Waals surface area contributed by atoms with E-state index in [4.69, 9.17) is 0 Å². The van der Waals surface area contributed by atoms with Crippen molar-refractivity contribution in [3.63, 3.8) is 0 Å². The smallest absolute Gasteiger partial charge is 0.281 e. The molecule has 0 aromatic carbocycles. The molecule has 8 nitrogen and oxygen atoms in total. The molecule has 2 aliphatic carbocycles. The summed E-state index contributed by atoms with van der Waals surface area (Å²) in [5.41, 5.74) is 0. The monoisotopic (exact) mass is 466 g/mol. The van der Waals surface area contributed by atoms with Crippen LogP contribution in [0.4, 0.5) is 0 Å². The van der Waals surface area contributed by atoms with Crippen LogP contribution >= 0.6 is 0 Å². The van der Waals surface area contributed by atoms with Gasteiger partial charge in [0, 0.05) is 24.9 Å². The summed E-state index contributed by atoms with van der Waals surface area (Å²) in [6, 6.07) is -0.332. The van der Waals surface area contributed by atoms with Crippen molar-refractivity contribution < 1.29 is 29.3 Å². The topological polar surface area (TPSA) is 98.7 Å². The van der Waals surface area contributed by atoms with Crippen LogP contribution in [0.3, 0.4) is 0 Å². The number of nitrogens with zero attached hydrogens (tertiary/aromatic N) is 2. The van der Waals surface area contributed by atoms with Gasteiger partial charge in [0.2, 0.25) is 0 Å². The number of likely N-dealkylation sites (tertiary alicyclic amines) is 2. The van der Waals surface area contributed by atoms with E-state index in [1.807, 2.05) is 0 Å². The van der Waals surface area contributed by atoms with Gasteiger partial charge in [0.1, 0.15) is 26.2 Å². The van der Waals surface area contributed by atoms with Crippen LogP contribution < -0.4 is 10.6 Å². The van der Waals surface area contributed by atoms with Crippen LogP contribution in [-0.2, 0) is 9.59 Å². The molecule has 4 atom stereocenters. The van der Waals surface area contributed by atoms with Crippen LogP contribution in [0.1, 0.15) is 96.3 Å². The first-order valence-electron chi connectivity index (χ1n) is 13.7. The maximum atomic E-state index is 13.0. The molecule has 4 rings (SSSR count). The number of amides is 2. The Kier molecular flexibility index (Phi) is 8.31. The number of hydroxylamine groups is 6. The first-order chi connectivity index (χ1) is 15.9. The summed E-state index contributed by atoms with van der Waals surface area (Å²) < 4.78 is -0.449. The fourth-order valence-electron chi connectivity index (χ4n) is 6.83. The lowest BCUT2D eigenvalue weighted by Crippen LogP contribution is -2.64. The van der Waals surface area contributed by atoms with Gasteiger partial charge in [0.15, 0.2) is 12.1 Å². The van der Waals surface area contributed by atoms with E-state index >= 15 is 0 Å². The zero-order chi connectivity index (χ0) is 23.3. The highest BCUT2D eigenvalue weighted by Gasteiger charge is 2.47. The highest BCUT2D eigenvalue weighted by Crippen LogP contribution is 2.29. The predicted octanol–water partition coefficient (Wildman–Crippen LogP) is 3.01. The van der Waals surface area contributed by atoms with E-state index in [9.17, 15) is 20.0 Å². The average Bonchev–Trinajstić information content (AvgIpc) is 3.48. The van der Waals surface area contributed by atoms with Gasteiger partial charge in [0.25, 0.3) is 11.8 Å². The van der Waals surface area contributed by atoms with Crippen molar-refractivity contribution in [1.82, 2.24) is 10.6 Å². The van der Waals surface area contributed by atoms with Gasteiger partial charge in [0.05, 0.1) is 6.42 Å². The first kappa shape index (κ1) is 24.9. The van der Waals surface area contributed by atoms with Gasteiger partial charge in [-0.05, 0) is 51.4 Å². The van der Waals surface area contributed by atoms with E-state index in [0.29, 0.717) is 45.4 Å². The van der Waals surface area contributed by atoms with Gasteiger partial charge in [-0.15, -0.1) is 0 Å². The lowest BCUT2D eigenvalue weighted by Gasteiger charge is -2.42. The van der Waals surface area contributed by atoms with Gasteiger partial charge in [-0.25, -0.2) is 10.4 Å². The Bertz CT molecular complexity index is 623. The SMILES string of the molecule is O=C(NC1CCCC1)[C@@H]1CCCC[N+]1(O)CCC[N+]1(O)CCCC[C@H]1C(=O)NC1CCCC1. The van der Waals surface area contributed by atoms with Crippen molar-refractivity contribution in [3.05, 3.63) is 0 Å². The summed E-state index contributed by atoms with van der Waals surface area (Å²) in [5.74, 6) is -0.0208. The Balaban J connectivity index is 1.33. The van der Waals surface area contributed by atoms with Crippen LogP contribution in [0, 0.1) is 0 Å².